The molecule has 25 heavy (non-hydrogen) atoms. The minimum Gasteiger partial charge on any atom is -0.486 e. The number of rotatable bonds is 6. The van der Waals surface area contributed by atoms with Crippen molar-refractivity contribution >= 4 is 0 Å². The zero-order valence-electron chi connectivity index (χ0n) is 15.2. The van der Waals surface area contributed by atoms with Crippen molar-refractivity contribution in [3.63, 3.8) is 0 Å². The highest BCUT2D eigenvalue weighted by Crippen LogP contribution is 2.53. The van der Waals surface area contributed by atoms with Crippen molar-refractivity contribution in [3.8, 4) is 5.75 Å². The largest absolute Gasteiger partial charge is 0.486 e. The van der Waals surface area contributed by atoms with E-state index in [0.717, 1.165) is 25.1 Å². The minimum atomic E-state index is 0.0150. The van der Waals surface area contributed by atoms with E-state index in [2.05, 4.69) is 66.8 Å². The van der Waals surface area contributed by atoms with Gasteiger partial charge < -0.3 is 10.1 Å². The number of hydrogen-bond acceptors (Lipinski definition) is 2. The smallest absolute Gasteiger partial charge is 0.123 e. The summed E-state index contributed by atoms with van der Waals surface area (Å²) < 4.78 is 6.59. The van der Waals surface area contributed by atoms with Crippen molar-refractivity contribution in [2.45, 2.75) is 63.0 Å². The van der Waals surface area contributed by atoms with E-state index in [-0.39, 0.29) is 5.60 Å². The zero-order chi connectivity index (χ0) is 17.1. The average Bonchev–Trinajstić information content (AvgIpc) is 2.96. The third-order valence-corrected chi connectivity index (χ3v) is 5.99. The summed E-state index contributed by atoms with van der Waals surface area (Å²) in [7, 11) is 0. The van der Waals surface area contributed by atoms with Gasteiger partial charge in [-0.3, -0.25) is 0 Å². The first kappa shape index (κ1) is 16.7. The van der Waals surface area contributed by atoms with Crippen LogP contribution in [0.3, 0.4) is 0 Å². The molecule has 1 fully saturated rings. The van der Waals surface area contributed by atoms with E-state index < -0.39 is 0 Å². The lowest BCUT2D eigenvalue weighted by molar-refractivity contribution is 0.0193. The van der Waals surface area contributed by atoms with Crippen LogP contribution in [0.4, 0.5) is 0 Å². The minimum absolute atomic E-state index is 0.0150. The molecule has 1 aliphatic carbocycles. The van der Waals surface area contributed by atoms with Gasteiger partial charge in [-0.2, -0.15) is 0 Å². The fourth-order valence-corrected chi connectivity index (χ4v) is 4.84. The highest BCUT2D eigenvalue weighted by atomic mass is 16.5. The van der Waals surface area contributed by atoms with Crippen LogP contribution in [0, 0.1) is 0 Å². The van der Waals surface area contributed by atoms with Crippen LogP contribution in [0.5, 0.6) is 5.75 Å². The standard InChI is InChI=1S/C23H29NO/c1-18(24-16-14-19-9-3-2-4-10-19)17-23-15-8-7-12-21(23)20-11-5-6-13-22(20)25-23/h2-6,9-11,13,18,21,24H,7-8,12,14-17H2,1H3. The molecule has 2 aliphatic rings. The Hall–Kier alpha value is -1.80. The van der Waals surface area contributed by atoms with Gasteiger partial charge in [0, 0.05) is 23.9 Å². The maximum atomic E-state index is 6.59. The molecular formula is C23H29NO. The van der Waals surface area contributed by atoms with E-state index >= 15 is 0 Å². The van der Waals surface area contributed by atoms with Crippen LogP contribution in [0.25, 0.3) is 0 Å². The lowest BCUT2D eigenvalue weighted by Crippen LogP contribution is -2.46. The molecule has 132 valence electrons. The van der Waals surface area contributed by atoms with Gasteiger partial charge in [-0.25, -0.2) is 0 Å². The van der Waals surface area contributed by atoms with Crippen LogP contribution in [-0.4, -0.2) is 18.2 Å². The number of fused-ring (bicyclic) bond motifs is 3. The average molecular weight is 335 g/mol. The monoisotopic (exact) mass is 335 g/mol. The molecule has 0 bridgehead atoms. The molecule has 1 heterocycles. The van der Waals surface area contributed by atoms with Crippen LogP contribution in [0.15, 0.2) is 54.6 Å². The zero-order valence-corrected chi connectivity index (χ0v) is 15.2. The molecule has 0 saturated heterocycles. The summed E-state index contributed by atoms with van der Waals surface area (Å²) in [6.45, 7) is 3.34. The first-order valence-corrected chi connectivity index (χ1v) is 9.82. The molecule has 2 nitrogen and oxygen atoms in total. The van der Waals surface area contributed by atoms with Crippen molar-refractivity contribution in [2.24, 2.45) is 0 Å². The molecule has 1 aliphatic heterocycles. The third-order valence-electron chi connectivity index (χ3n) is 5.99. The molecule has 0 spiro atoms. The van der Waals surface area contributed by atoms with E-state index in [9.17, 15) is 0 Å². The van der Waals surface area contributed by atoms with Gasteiger partial charge in [0.25, 0.3) is 0 Å². The number of benzene rings is 2. The van der Waals surface area contributed by atoms with Gasteiger partial charge in [0.2, 0.25) is 0 Å². The summed E-state index contributed by atoms with van der Waals surface area (Å²) in [6, 6.07) is 19.9. The van der Waals surface area contributed by atoms with E-state index in [1.54, 1.807) is 0 Å². The van der Waals surface area contributed by atoms with Crippen LogP contribution in [0.2, 0.25) is 0 Å². The Bertz CT molecular complexity index is 698. The van der Waals surface area contributed by atoms with E-state index in [1.807, 2.05) is 0 Å². The van der Waals surface area contributed by atoms with Gasteiger partial charge in [0.1, 0.15) is 11.4 Å². The molecule has 3 atom stereocenters. The second kappa shape index (κ2) is 7.21. The van der Waals surface area contributed by atoms with Crippen LogP contribution < -0.4 is 10.1 Å². The van der Waals surface area contributed by atoms with Gasteiger partial charge >= 0.3 is 0 Å². The van der Waals surface area contributed by atoms with Crippen LogP contribution >= 0.6 is 0 Å². The number of para-hydroxylation sites is 1. The summed E-state index contributed by atoms with van der Waals surface area (Å²) in [4.78, 5) is 0. The second-order valence-electron chi connectivity index (χ2n) is 7.80. The van der Waals surface area contributed by atoms with E-state index in [4.69, 9.17) is 4.74 Å². The molecular weight excluding hydrogens is 306 g/mol. The highest BCUT2D eigenvalue weighted by molar-refractivity contribution is 5.43. The van der Waals surface area contributed by atoms with Crippen molar-refractivity contribution in [3.05, 3.63) is 65.7 Å². The quantitative estimate of drug-likeness (QED) is 0.794. The normalized spacial score (nSPS) is 25.7. The second-order valence-corrected chi connectivity index (χ2v) is 7.80. The van der Waals surface area contributed by atoms with Gasteiger partial charge in [0.15, 0.2) is 0 Å². The first-order valence-electron chi connectivity index (χ1n) is 9.82. The fraction of sp³-hybridized carbons (Fsp3) is 0.478. The van der Waals surface area contributed by atoms with Crippen molar-refractivity contribution < 1.29 is 4.74 Å². The molecule has 4 rings (SSSR count). The van der Waals surface area contributed by atoms with Gasteiger partial charge in [0.05, 0.1) is 0 Å². The van der Waals surface area contributed by atoms with Crippen molar-refractivity contribution in [1.82, 2.24) is 5.32 Å². The summed E-state index contributed by atoms with van der Waals surface area (Å²) >= 11 is 0. The highest BCUT2D eigenvalue weighted by Gasteiger charge is 2.49. The Kier molecular flexibility index (Phi) is 4.80. The topological polar surface area (TPSA) is 21.3 Å². The maximum Gasteiger partial charge on any atom is 0.123 e. The van der Waals surface area contributed by atoms with Gasteiger partial charge in [-0.15, -0.1) is 0 Å². The Morgan fingerprint density at radius 2 is 1.88 bits per heavy atom. The molecule has 0 aromatic heterocycles. The molecule has 1 N–H and O–H groups in total. The maximum absolute atomic E-state index is 6.59. The lowest BCUT2D eigenvalue weighted by Gasteiger charge is -2.40. The molecule has 2 aromatic carbocycles. The summed E-state index contributed by atoms with van der Waals surface area (Å²) in [5.74, 6) is 1.71. The number of ether oxygens (including phenoxy) is 1. The number of hydrogen-bond donors (Lipinski definition) is 1. The Labute approximate surface area is 151 Å². The third kappa shape index (κ3) is 3.46. The summed E-state index contributed by atoms with van der Waals surface area (Å²) in [6.07, 6.45) is 7.27. The molecule has 2 aromatic rings. The fourth-order valence-electron chi connectivity index (χ4n) is 4.84. The lowest BCUT2D eigenvalue weighted by atomic mass is 9.71. The summed E-state index contributed by atoms with van der Waals surface area (Å²) in [5.41, 5.74) is 2.86. The van der Waals surface area contributed by atoms with Crippen molar-refractivity contribution in [1.29, 1.82) is 0 Å². The SMILES string of the molecule is CC(CC12CCCCC1c1ccccc1O2)NCCc1ccccc1. The van der Waals surface area contributed by atoms with Gasteiger partial charge in [-0.1, -0.05) is 55.0 Å². The van der Waals surface area contributed by atoms with Crippen LogP contribution in [-0.2, 0) is 6.42 Å². The van der Waals surface area contributed by atoms with E-state index in [1.165, 1.54) is 36.8 Å². The van der Waals surface area contributed by atoms with Crippen molar-refractivity contribution in [2.75, 3.05) is 6.54 Å². The Balaban J connectivity index is 1.39. The molecule has 0 radical (unpaired) electrons. The molecule has 0 amide bonds. The first-order chi connectivity index (χ1) is 12.3. The predicted molar refractivity (Wildman–Crippen MR) is 103 cm³/mol. The Morgan fingerprint density at radius 1 is 1.08 bits per heavy atom. The van der Waals surface area contributed by atoms with Gasteiger partial charge in [-0.05, 0) is 50.8 Å². The van der Waals surface area contributed by atoms with Crippen LogP contribution in [0.1, 0.15) is 56.1 Å². The predicted octanol–water partition coefficient (Wildman–Crippen LogP) is 5.09. The van der Waals surface area contributed by atoms with E-state index in [0.29, 0.717) is 12.0 Å². The molecule has 2 heteroatoms. The molecule has 3 unspecified atom stereocenters. The summed E-state index contributed by atoms with van der Waals surface area (Å²) in [5, 5.41) is 3.73. The molecule has 1 saturated carbocycles. The number of nitrogens with one attached hydrogen (secondary N) is 1. The Morgan fingerprint density at radius 3 is 2.76 bits per heavy atom.